The van der Waals surface area contributed by atoms with Gasteiger partial charge in [0.1, 0.15) is 0 Å². The van der Waals surface area contributed by atoms with Crippen molar-refractivity contribution in [2.75, 3.05) is 0 Å². The average molecular weight is 260 g/mol. The standard InChI is InChI=1S/C10H14BrNS/c1-7-8(2-3-9(7)11)6-10-12-4-5-13-10/h4-5,7-9H,2-3,6H2,1H3. The van der Waals surface area contributed by atoms with Crippen LogP contribution >= 0.6 is 27.3 Å². The van der Waals surface area contributed by atoms with Crippen molar-refractivity contribution in [1.82, 2.24) is 4.98 Å². The number of alkyl halides is 1. The molecule has 13 heavy (non-hydrogen) atoms. The van der Waals surface area contributed by atoms with Gasteiger partial charge in [-0.2, -0.15) is 0 Å². The van der Waals surface area contributed by atoms with Crippen molar-refractivity contribution in [3.63, 3.8) is 0 Å². The molecule has 3 atom stereocenters. The minimum Gasteiger partial charge on any atom is -0.250 e. The smallest absolute Gasteiger partial charge is 0.0927 e. The van der Waals surface area contributed by atoms with E-state index in [1.165, 1.54) is 24.3 Å². The van der Waals surface area contributed by atoms with Gasteiger partial charge in [-0.25, -0.2) is 4.98 Å². The molecule has 2 rings (SSSR count). The topological polar surface area (TPSA) is 12.9 Å². The summed E-state index contributed by atoms with van der Waals surface area (Å²) in [5.41, 5.74) is 0. The fourth-order valence-electron chi connectivity index (χ4n) is 2.06. The van der Waals surface area contributed by atoms with Crippen LogP contribution in [0.15, 0.2) is 11.6 Å². The van der Waals surface area contributed by atoms with Gasteiger partial charge in [0.05, 0.1) is 5.01 Å². The summed E-state index contributed by atoms with van der Waals surface area (Å²) in [5, 5.41) is 3.37. The van der Waals surface area contributed by atoms with E-state index in [9.17, 15) is 0 Å². The molecular formula is C10H14BrNS. The first kappa shape index (κ1) is 9.66. The van der Waals surface area contributed by atoms with Crippen LogP contribution in [0.1, 0.15) is 24.8 Å². The molecule has 0 aliphatic heterocycles. The van der Waals surface area contributed by atoms with E-state index in [0.717, 1.165) is 16.7 Å². The van der Waals surface area contributed by atoms with Crippen molar-refractivity contribution in [3.8, 4) is 0 Å². The quantitative estimate of drug-likeness (QED) is 0.742. The van der Waals surface area contributed by atoms with E-state index in [2.05, 4.69) is 33.2 Å². The summed E-state index contributed by atoms with van der Waals surface area (Å²) in [6.07, 6.45) is 5.78. The molecular weight excluding hydrogens is 246 g/mol. The summed E-state index contributed by atoms with van der Waals surface area (Å²) in [5.74, 6) is 1.65. The third kappa shape index (κ3) is 2.13. The van der Waals surface area contributed by atoms with E-state index in [4.69, 9.17) is 0 Å². The van der Waals surface area contributed by atoms with Gasteiger partial charge in [-0.05, 0) is 24.7 Å². The van der Waals surface area contributed by atoms with Gasteiger partial charge in [0.25, 0.3) is 0 Å². The lowest BCUT2D eigenvalue weighted by Crippen LogP contribution is -2.12. The average Bonchev–Trinajstić information content (AvgIpc) is 2.71. The SMILES string of the molecule is CC1C(Br)CCC1Cc1nccs1. The van der Waals surface area contributed by atoms with Crippen molar-refractivity contribution < 1.29 is 0 Å². The number of hydrogen-bond donors (Lipinski definition) is 0. The Balaban J connectivity index is 1.96. The first-order valence-corrected chi connectivity index (χ1v) is 6.59. The van der Waals surface area contributed by atoms with E-state index in [1.807, 2.05) is 6.20 Å². The Labute approximate surface area is 91.7 Å². The predicted molar refractivity (Wildman–Crippen MR) is 60.4 cm³/mol. The molecule has 0 radical (unpaired) electrons. The lowest BCUT2D eigenvalue weighted by atomic mass is 9.95. The zero-order valence-electron chi connectivity index (χ0n) is 7.74. The van der Waals surface area contributed by atoms with Crippen LogP contribution < -0.4 is 0 Å². The van der Waals surface area contributed by atoms with E-state index >= 15 is 0 Å². The Morgan fingerprint density at radius 1 is 1.62 bits per heavy atom. The van der Waals surface area contributed by atoms with E-state index < -0.39 is 0 Å². The summed E-state index contributed by atoms with van der Waals surface area (Å²) < 4.78 is 0. The zero-order valence-corrected chi connectivity index (χ0v) is 10.1. The maximum atomic E-state index is 4.34. The molecule has 1 aromatic heterocycles. The Morgan fingerprint density at radius 2 is 2.46 bits per heavy atom. The van der Waals surface area contributed by atoms with Gasteiger partial charge < -0.3 is 0 Å². The molecule has 3 heteroatoms. The van der Waals surface area contributed by atoms with Gasteiger partial charge in [0.2, 0.25) is 0 Å². The first-order chi connectivity index (χ1) is 6.27. The summed E-state index contributed by atoms with van der Waals surface area (Å²) in [4.78, 5) is 5.08. The number of rotatable bonds is 2. The largest absolute Gasteiger partial charge is 0.250 e. The van der Waals surface area contributed by atoms with Gasteiger partial charge >= 0.3 is 0 Å². The highest BCUT2D eigenvalue weighted by Gasteiger charge is 2.31. The molecule has 1 aliphatic rings. The molecule has 1 fully saturated rings. The lowest BCUT2D eigenvalue weighted by molar-refractivity contribution is 0.423. The molecule has 3 unspecified atom stereocenters. The molecule has 0 aromatic carbocycles. The second-order valence-corrected chi connectivity index (χ2v) is 6.00. The second kappa shape index (κ2) is 4.09. The first-order valence-electron chi connectivity index (χ1n) is 4.80. The van der Waals surface area contributed by atoms with Gasteiger partial charge in [0.15, 0.2) is 0 Å². The number of aromatic nitrogens is 1. The highest BCUT2D eigenvalue weighted by atomic mass is 79.9. The minimum atomic E-state index is 0.734. The van der Waals surface area contributed by atoms with Crippen LogP contribution in [0.5, 0.6) is 0 Å². The third-order valence-corrected chi connectivity index (χ3v) is 5.14. The van der Waals surface area contributed by atoms with Crippen LogP contribution in [0.25, 0.3) is 0 Å². The summed E-state index contributed by atoms with van der Waals surface area (Å²) >= 11 is 5.52. The number of hydrogen-bond acceptors (Lipinski definition) is 2. The fourth-order valence-corrected chi connectivity index (χ4v) is 3.47. The number of thiazole rings is 1. The fraction of sp³-hybridized carbons (Fsp3) is 0.700. The highest BCUT2D eigenvalue weighted by Crippen LogP contribution is 2.38. The molecule has 0 spiro atoms. The van der Waals surface area contributed by atoms with Crippen molar-refractivity contribution >= 4 is 27.3 Å². The molecule has 1 aliphatic carbocycles. The summed E-state index contributed by atoms with van der Waals surface area (Å²) in [7, 11) is 0. The van der Waals surface area contributed by atoms with Crippen LogP contribution in [0, 0.1) is 11.8 Å². The Morgan fingerprint density at radius 3 is 3.00 bits per heavy atom. The molecule has 1 saturated carbocycles. The van der Waals surface area contributed by atoms with Crippen LogP contribution in [0.4, 0.5) is 0 Å². The van der Waals surface area contributed by atoms with E-state index in [1.54, 1.807) is 11.3 Å². The molecule has 0 bridgehead atoms. The summed E-state index contributed by atoms with van der Waals surface area (Å²) in [6.45, 7) is 2.35. The van der Waals surface area contributed by atoms with Crippen molar-refractivity contribution in [3.05, 3.63) is 16.6 Å². The Hall–Kier alpha value is 0.110. The van der Waals surface area contributed by atoms with E-state index in [0.29, 0.717) is 0 Å². The van der Waals surface area contributed by atoms with Gasteiger partial charge in [-0.1, -0.05) is 22.9 Å². The number of halogens is 1. The summed E-state index contributed by atoms with van der Waals surface area (Å²) in [6, 6.07) is 0. The Kier molecular flexibility index (Phi) is 3.04. The molecule has 1 nitrogen and oxygen atoms in total. The van der Waals surface area contributed by atoms with Crippen LogP contribution in [0.2, 0.25) is 0 Å². The molecule has 72 valence electrons. The van der Waals surface area contributed by atoms with Crippen molar-refractivity contribution in [2.45, 2.75) is 31.0 Å². The normalized spacial score (nSPS) is 33.8. The van der Waals surface area contributed by atoms with Crippen LogP contribution in [-0.4, -0.2) is 9.81 Å². The molecule has 1 aromatic rings. The minimum absolute atomic E-state index is 0.734. The van der Waals surface area contributed by atoms with Crippen LogP contribution in [0.3, 0.4) is 0 Å². The van der Waals surface area contributed by atoms with Crippen molar-refractivity contribution in [1.29, 1.82) is 0 Å². The predicted octanol–water partition coefficient (Wildman–Crippen LogP) is 3.50. The van der Waals surface area contributed by atoms with Crippen LogP contribution in [-0.2, 0) is 6.42 Å². The Bertz CT molecular complexity index is 260. The lowest BCUT2D eigenvalue weighted by Gasteiger charge is -2.15. The van der Waals surface area contributed by atoms with E-state index in [-0.39, 0.29) is 0 Å². The molecule has 1 heterocycles. The monoisotopic (exact) mass is 259 g/mol. The van der Waals surface area contributed by atoms with Crippen molar-refractivity contribution in [2.24, 2.45) is 11.8 Å². The maximum Gasteiger partial charge on any atom is 0.0927 e. The van der Waals surface area contributed by atoms with Gasteiger partial charge in [-0.3, -0.25) is 0 Å². The second-order valence-electron chi connectivity index (χ2n) is 3.84. The third-order valence-electron chi connectivity index (χ3n) is 3.05. The number of nitrogens with zero attached hydrogens (tertiary/aromatic N) is 1. The molecule has 0 N–H and O–H groups in total. The van der Waals surface area contributed by atoms with Gasteiger partial charge in [-0.15, -0.1) is 11.3 Å². The molecule has 0 saturated heterocycles. The maximum absolute atomic E-state index is 4.34. The highest BCUT2D eigenvalue weighted by molar-refractivity contribution is 9.09. The zero-order chi connectivity index (χ0) is 9.26. The van der Waals surface area contributed by atoms with Gasteiger partial charge in [0, 0.05) is 22.8 Å². The molecule has 0 amide bonds.